The molecule has 10 heavy (non-hydrogen) atoms. The van der Waals surface area contributed by atoms with Crippen molar-refractivity contribution in [2.24, 2.45) is 0 Å². The molecule has 0 aromatic rings. The number of carbonyl (C=O) groups excluding carboxylic acids is 2. The quantitative estimate of drug-likeness (QED) is 0.416. The third-order valence-corrected chi connectivity index (χ3v) is 0.921. The highest BCUT2D eigenvalue weighted by atomic mass is 35.5. The van der Waals surface area contributed by atoms with E-state index in [-0.39, 0.29) is 5.91 Å². The molecule has 0 aliphatic rings. The molecule has 0 aliphatic heterocycles. The number of nitrogens with one attached hydrogen (secondary N) is 2. The molecule has 0 fully saturated rings. The second-order valence-electron chi connectivity index (χ2n) is 1.79. The van der Waals surface area contributed by atoms with Gasteiger partial charge in [-0.15, -0.1) is 11.6 Å². The molecule has 1 unspecified atom stereocenters. The maximum absolute atomic E-state index is 10.6. The van der Waals surface area contributed by atoms with Crippen molar-refractivity contribution in [1.29, 1.82) is 0 Å². The van der Waals surface area contributed by atoms with Crippen LogP contribution in [-0.4, -0.2) is 17.2 Å². The van der Waals surface area contributed by atoms with Crippen LogP contribution in [0.3, 0.4) is 0 Å². The van der Waals surface area contributed by atoms with Gasteiger partial charge in [-0.25, -0.2) is 0 Å². The molecule has 2 amide bonds. The van der Waals surface area contributed by atoms with Gasteiger partial charge >= 0.3 is 0 Å². The Balaban J connectivity index is 3.50. The predicted octanol–water partition coefficient (Wildman–Crippen LogP) is -0.219. The van der Waals surface area contributed by atoms with Crippen LogP contribution in [0.5, 0.6) is 0 Å². The van der Waals surface area contributed by atoms with Crippen LogP contribution in [0.1, 0.15) is 13.8 Å². The van der Waals surface area contributed by atoms with Gasteiger partial charge in [0.05, 0.1) is 0 Å². The molecule has 0 spiro atoms. The highest BCUT2D eigenvalue weighted by Gasteiger charge is 2.07. The Morgan fingerprint density at radius 2 is 1.90 bits per heavy atom. The summed E-state index contributed by atoms with van der Waals surface area (Å²) in [4.78, 5) is 20.8. The minimum atomic E-state index is -0.633. The molecule has 5 heteroatoms. The van der Waals surface area contributed by atoms with E-state index in [0.29, 0.717) is 0 Å². The van der Waals surface area contributed by atoms with Gasteiger partial charge in [0.25, 0.3) is 5.91 Å². The molecule has 0 aliphatic carbocycles. The van der Waals surface area contributed by atoms with Crippen LogP contribution >= 0.6 is 11.6 Å². The number of hydrazine groups is 1. The fraction of sp³-hybridized carbons (Fsp3) is 0.600. The fourth-order valence-electron chi connectivity index (χ4n) is 0.249. The average Bonchev–Trinajstić information content (AvgIpc) is 1.82. The lowest BCUT2D eigenvalue weighted by atomic mass is 10.5. The highest BCUT2D eigenvalue weighted by molar-refractivity contribution is 6.30. The second-order valence-corrected chi connectivity index (χ2v) is 2.44. The Morgan fingerprint density at radius 3 is 2.20 bits per heavy atom. The van der Waals surface area contributed by atoms with Crippen molar-refractivity contribution >= 4 is 23.4 Å². The van der Waals surface area contributed by atoms with E-state index in [1.807, 2.05) is 0 Å². The third kappa shape index (κ3) is 4.14. The molecule has 58 valence electrons. The van der Waals surface area contributed by atoms with Crippen molar-refractivity contribution in [2.75, 3.05) is 0 Å². The van der Waals surface area contributed by atoms with Crippen LogP contribution in [0.15, 0.2) is 0 Å². The number of amides is 2. The lowest BCUT2D eigenvalue weighted by molar-refractivity contribution is -0.127. The van der Waals surface area contributed by atoms with Crippen molar-refractivity contribution in [2.45, 2.75) is 19.2 Å². The molecule has 1 atom stereocenters. The van der Waals surface area contributed by atoms with E-state index in [1.165, 1.54) is 13.8 Å². The normalized spacial score (nSPS) is 11.9. The average molecular weight is 165 g/mol. The summed E-state index contributed by atoms with van der Waals surface area (Å²) in [6.07, 6.45) is 0. The van der Waals surface area contributed by atoms with Crippen molar-refractivity contribution in [3.8, 4) is 0 Å². The van der Waals surface area contributed by atoms with Crippen molar-refractivity contribution in [1.82, 2.24) is 10.9 Å². The van der Waals surface area contributed by atoms with Crippen LogP contribution in [0.4, 0.5) is 0 Å². The molecule has 0 aromatic carbocycles. The lowest BCUT2D eigenvalue weighted by Gasteiger charge is -2.04. The van der Waals surface area contributed by atoms with Crippen LogP contribution in [0, 0.1) is 0 Å². The number of hydrogen-bond acceptors (Lipinski definition) is 2. The highest BCUT2D eigenvalue weighted by Crippen LogP contribution is 1.90. The van der Waals surface area contributed by atoms with E-state index in [2.05, 4.69) is 10.9 Å². The summed E-state index contributed by atoms with van der Waals surface area (Å²) in [7, 11) is 0. The zero-order chi connectivity index (χ0) is 8.15. The van der Waals surface area contributed by atoms with Gasteiger partial charge < -0.3 is 0 Å². The Morgan fingerprint density at radius 1 is 1.40 bits per heavy atom. The van der Waals surface area contributed by atoms with Crippen LogP contribution in [0.2, 0.25) is 0 Å². The fourth-order valence-corrected chi connectivity index (χ4v) is 0.304. The van der Waals surface area contributed by atoms with Gasteiger partial charge in [0.2, 0.25) is 5.91 Å². The monoisotopic (exact) mass is 164 g/mol. The van der Waals surface area contributed by atoms with Gasteiger partial charge in [-0.05, 0) is 6.92 Å². The minimum absolute atomic E-state index is 0.328. The summed E-state index contributed by atoms with van der Waals surface area (Å²) in [6, 6.07) is 0. The number of hydrogen-bond donors (Lipinski definition) is 2. The Labute approximate surface area is 63.9 Å². The molecule has 0 aromatic heterocycles. The number of carbonyl (C=O) groups is 2. The summed E-state index contributed by atoms with van der Waals surface area (Å²) in [5.74, 6) is -0.748. The first-order valence-electron chi connectivity index (χ1n) is 2.74. The Bertz CT molecular complexity index is 147. The van der Waals surface area contributed by atoms with Crippen molar-refractivity contribution in [3.05, 3.63) is 0 Å². The zero-order valence-electron chi connectivity index (χ0n) is 5.77. The topological polar surface area (TPSA) is 58.2 Å². The summed E-state index contributed by atoms with van der Waals surface area (Å²) < 4.78 is 0. The smallest absolute Gasteiger partial charge is 0.256 e. The largest absolute Gasteiger partial charge is 0.274 e. The molecule has 4 nitrogen and oxygen atoms in total. The number of halogens is 1. The Hall–Kier alpha value is -0.770. The van der Waals surface area contributed by atoms with Crippen molar-refractivity contribution in [3.63, 3.8) is 0 Å². The van der Waals surface area contributed by atoms with Gasteiger partial charge in [-0.2, -0.15) is 0 Å². The zero-order valence-corrected chi connectivity index (χ0v) is 6.53. The van der Waals surface area contributed by atoms with Crippen LogP contribution < -0.4 is 10.9 Å². The summed E-state index contributed by atoms with van der Waals surface area (Å²) in [6.45, 7) is 2.80. The molecule has 2 N–H and O–H groups in total. The van der Waals surface area contributed by atoms with E-state index in [4.69, 9.17) is 11.6 Å². The molecule has 0 heterocycles. The standard InChI is InChI=1S/C5H9ClN2O2/c1-3(6)5(10)8-7-4(2)9/h3H,1-2H3,(H,7,9)(H,8,10). The first kappa shape index (κ1) is 9.23. The van der Waals surface area contributed by atoms with E-state index >= 15 is 0 Å². The van der Waals surface area contributed by atoms with Gasteiger partial charge in [-0.3, -0.25) is 20.4 Å². The van der Waals surface area contributed by atoms with E-state index in [1.54, 1.807) is 0 Å². The third-order valence-electron chi connectivity index (χ3n) is 0.723. The molecular weight excluding hydrogens is 156 g/mol. The molecule has 0 saturated heterocycles. The molecule has 0 rings (SSSR count). The van der Waals surface area contributed by atoms with Gasteiger partial charge in [0.15, 0.2) is 0 Å². The van der Waals surface area contributed by atoms with Gasteiger partial charge in [-0.1, -0.05) is 0 Å². The Kier molecular flexibility index (Phi) is 3.79. The van der Waals surface area contributed by atoms with E-state index < -0.39 is 11.3 Å². The summed E-state index contributed by atoms with van der Waals surface area (Å²) in [5.41, 5.74) is 4.21. The summed E-state index contributed by atoms with van der Waals surface area (Å²) >= 11 is 5.35. The van der Waals surface area contributed by atoms with Gasteiger partial charge in [0.1, 0.15) is 5.38 Å². The maximum atomic E-state index is 10.6. The first-order chi connectivity index (χ1) is 4.54. The predicted molar refractivity (Wildman–Crippen MR) is 37.3 cm³/mol. The van der Waals surface area contributed by atoms with Crippen LogP contribution in [0.25, 0.3) is 0 Å². The molecule has 0 radical (unpaired) electrons. The van der Waals surface area contributed by atoms with Gasteiger partial charge in [0, 0.05) is 6.92 Å². The van der Waals surface area contributed by atoms with Crippen molar-refractivity contribution < 1.29 is 9.59 Å². The lowest BCUT2D eigenvalue weighted by Crippen LogP contribution is -2.43. The van der Waals surface area contributed by atoms with Crippen LogP contribution in [-0.2, 0) is 9.59 Å². The molecule has 0 bridgehead atoms. The summed E-state index contributed by atoms with van der Waals surface area (Å²) in [5, 5.41) is -0.633. The second kappa shape index (κ2) is 4.11. The SMILES string of the molecule is CC(=O)NNC(=O)C(C)Cl. The van der Waals surface area contributed by atoms with E-state index in [9.17, 15) is 9.59 Å². The minimum Gasteiger partial charge on any atom is -0.274 e. The molecular formula is C5H9ClN2O2. The van der Waals surface area contributed by atoms with E-state index in [0.717, 1.165) is 0 Å². The maximum Gasteiger partial charge on any atom is 0.256 e. The molecule has 0 saturated carbocycles. The number of rotatable bonds is 1. The number of alkyl halides is 1. The first-order valence-corrected chi connectivity index (χ1v) is 3.18.